The molecule has 0 saturated carbocycles. The first kappa shape index (κ1) is 19.7. The summed E-state index contributed by atoms with van der Waals surface area (Å²) in [5.74, 6) is 0.719. The van der Waals surface area contributed by atoms with E-state index in [0.29, 0.717) is 13.0 Å². The van der Waals surface area contributed by atoms with Gasteiger partial charge in [-0.3, -0.25) is 0 Å². The van der Waals surface area contributed by atoms with E-state index in [1.165, 1.54) is 11.3 Å². The molecule has 0 atom stereocenters. The Kier molecular flexibility index (Phi) is 6.53. The second-order valence-corrected chi connectivity index (χ2v) is 7.17. The first-order valence-corrected chi connectivity index (χ1v) is 9.71. The Morgan fingerprint density at radius 2 is 2.00 bits per heavy atom. The highest BCUT2D eigenvalue weighted by molar-refractivity contribution is 7.21. The molecule has 0 fully saturated rings. The van der Waals surface area contributed by atoms with Crippen molar-refractivity contribution in [1.29, 1.82) is 5.26 Å². The van der Waals surface area contributed by atoms with Gasteiger partial charge in [-0.2, -0.15) is 5.26 Å². The highest BCUT2D eigenvalue weighted by Crippen LogP contribution is 2.32. The summed E-state index contributed by atoms with van der Waals surface area (Å²) in [7, 11) is 3.88. The Hall–Kier alpha value is -3.02. The summed E-state index contributed by atoms with van der Waals surface area (Å²) >= 11 is 1.53. The molecule has 0 aliphatic rings. The maximum absolute atomic E-state index is 9.00. The van der Waals surface area contributed by atoms with E-state index in [1.807, 2.05) is 66.0 Å². The molecule has 0 spiro atoms. The molecule has 0 aliphatic carbocycles. The van der Waals surface area contributed by atoms with Crippen molar-refractivity contribution >= 4 is 38.1 Å². The second-order valence-electron chi connectivity index (χ2n) is 6.16. The third kappa shape index (κ3) is 4.44. The second kappa shape index (κ2) is 9.26. The minimum atomic E-state index is -0.0293. The molecule has 28 heavy (non-hydrogen) atoms. The van der Waals surface area contributed by atoms with Crippen LogP contribution >= 0.6 is 11.3 Å². The Balaban J connectivity index is 1.80. The summed E-state index contributed by atoms with van der Waals surface area (Å²) in [5.41, 5.74) is 2.73. The lowest BCUT2D eigenvalue weighted by atomic mass is 10.2. The quantitative estimate of drug-likeness (QED) is 0.463. The molecule has 8 heteroatoms. The number of nitriles is 1. The molecule has 144 valence electrons. The monoisotopic (exact) mass is 396 g/mol. The van der Waals surface area contributed by atoms with E-state index in [9.17, 15) is 0 Å². The van der Waals surface area contributed by atoms with Crippen molar-refractivity contribution in [2.45, 2.75) is 6.42 Å². The van der Waals surface area contributed by atoms with Gasteiger partial charge >= 0.3 is 5.13 Å². The van der Waals surface area contributed by atoms with Gasteiger partial charge < -0.3 is 14.7 Å². The number of aryl methyl sites for hydroxylation is 1. The molecule has 1 N–H and O–H groups in total. The van der Waals surface area contributed by atoms with Crippen molar-refractivity contribution < 1.29 is 14.4 Å². The van der Waals surface area contributed by atoms with Crippen LogP contribution in [-0.2, 0) is 7.05 Å². The SMILES string of the molecule is CN(CCC#N)c1ccc(N=Nc2sc3cccc(OCCO)c3[n+]2C)cc1. The number of hydrogen-bond donors (Lipinski definition) is 1. The lowest BCUT2D eigenvalue weighted by molar-refractivity contribution is -0.628. The van der Waals surface area contributed by atoms with Crippen LogP contribution in [0, 0.1) is 11.3 Å². The zero-order valence-electron chi connectivity index (χ0n) is 15.9. The average molecular weight is 396 g/mol. The standard InChI is InChI=1S/C20H22N5O2S/c1-24(12-4-11-21)16-9-7-15(8-10-16)22-23-20-25(2)19-17(27-14-13-26)5-3-6-18(19)28-20/h3,5-10,26H,4,12-14H2,1-2H3/q+1. The fourth-order valence-corrected chi connectivity index (χ4v) is 3.75. The van der Waals surface area contributed by atoms with Gasteiger partial charge in [-0.25, -0.2) is 4.57 Å². The molecule has 0 saturated heterocycles. The Morgan fingerprint density at radius 3 is 2.71 bits per heavy atom. The molecule has 0 radical (unpaired) electrons. The van der Waals surface area contributed by atoms with E-state index >= 15 is 0 Å². The zero-order valence-corrected chi connectivity index (χ0v) is 16.7. The number of aliphatic hydroxyl groups excluding tert-OH is 1. The molecule has 3 rings (SSSR count). The molecule has 0 unspecified atom stereocenters. The van der Waals surface area contributed by atoms with Gasteiger partial charge in [0.25, 0.3) is 0 Å². The number of hydrogen-bond acceptors (Lipinski definition) is 7. The summed E-state index contributed by atoms with van der Waals surface area (Å²) in [5, 5.41) is 27.2. The number of ether oxygens (including phenoxy) is 1. The molecular weight excluding hydrogens is 374 g/mol. The molecule has 0 amide bonds. The topological polar surface area (TPSA) is 85.1 Å². The number of azo groups is 1. The molecule has 1 aromatic heterocycles. The van der Waals surface area contributed by atoms with Crippen molar-refractivity contribution in [3.8, 4) is 11.8 Å². The van der Waals surface area contributed by atoms with Gasteiger partial charge in [-0.15, -0.1) is 0 Å². The number of fused-ring (bicyclic) bond motifs is 1. The number of rotatable bonds is 8. The van der Waals surface area contributed by atoms with Gasteiger partial charge in [0.05, 0.1) is 36.0 Å². The highest BCUT2D eigenvalue weighted by atomic mass is 32.1. The minimum absolute atomic E-state index is 0.0293. The van der Waals surface area contributed by atoms with E-state index in [-0.39, 0.29) is 13.2 Å². The van der Waals surface area contributed by atoms with Gasteiger partial charge in [-0.1, -0.05) is 6.07 Å². The number of aromatic nitrogens is 1. The first-order valence-electron chi connectivity index (χ1n) is 8.89. The van der Waals surface area contributed by atoms with E-state index in [4.69, 9.17) is 15.1 Å². The van der Waals surface area contributed by atoms with E-state index in [1.54, 1.807) is 0 Å². The number of aliphatic hydroxyl groups is 1. The number of benzene rings is 2. The van der Waals surface area contributed by atoms with Crippen molar-refractivity contribution in [2.24, 2.45) is 17.3 Å². The summed E-state index contributed by atoms with van der Waals surface area (Å²) in [6.07, 6.45) is 0.490. The lowest BCUT2D eigenvalue weighted by Gasteiger charge is -2.17. The third-order valence-corrected chi connectivity index (χ3v) is 5.32. The van der Waals surface area contributed by atoms with Crippen molar-refractivity contribution in [2.75, 3.05) is 31.7 Å². The molecule has 2 aromatic carbocycles. The smallest absolute Gasteiger partial charge is 0.409 e. The van der Waals surface area contributed by atoms with Crippen LogP contribution in [0.2, 0.25) is 0 Å². The van der Waals surface area contributed by atoms with Gasteiger partial charge in [-0.05, 0) is 52.8 Å². The van der Waals surface area contributed by atoms with Crippen LogP contribution in [0.5, 0.6) is 5.75 Å². The lowest BCUT2D eigenvalue weighted by Crippen LogP contribution is -2.26. The number of anilines is 1. The van der Waals surface area contributed by atoms with Gasteiger partial charge in [0.1, 0.15) is 12.3 Å². The summed E-state index contributed by atoms with van der Waals surface area (Å²) in [6, 6.07) is 15.7. The average Bonchev–Trinajstić information content (AvgIpc) is 3.05. The number of thiazole rings is 1. The number of para-hydroxylation sites is 1. The predicted octanol–water partition coefficient (Wildman–Crippen LogP) is 3.86. The zero-order chi connectivity index (χ0) is 19.9. The Morgan fingerprint density at radius 1 is 1.21 bits per heavy atom. The molecule has 0 bridgehead atoms. The Bertz CT molecular complexity index is 1010. The van der Waals surface area contributed by atoms with Crippen molar-refractivity contribution in [3.05, 3.63) is 42.5 Å². The third-order valence-electron chi connectivity index (χ3n) is 4.23. The van der Waals surface area contributed by atoms with Crippen LogP contribution in [0.15, 0.2) is 52.7 Å². The van der Waals surface area contributed by atoms with Crippen molar-refractivity contribution in [1.82, 2.24) is 0 Å². The largest absolute Gasteiger partial charge is 0.487 e. The van der Waals surface area contributed by atoms with Crippen LogP contribution in [0.1, 0.15) is 6.42 Å². The Labute approximate surface area is 167 Å². The maximum atomic E-state index is 9.00. The summed E-state index contributed by atoms with van der Waals surface area (Å²) in [4.78, 5) is 2.03. The van der Waals surface area contributed by atoms with Crippen LogP contribution in [0.4, 0.5) is 16.5 Å². The molecular formula is C20H22N5O2S+. The number of nitrogens with zero attached hydrogens (tertiary/aromatic N) is 5. The van der Waals surface area contributed by atoms with Gasteiger partial charge in [0.15, 0.2) is 11.3 Å². The predicted molar refractivity (Wildman–Crippen MR) is 110 cm³/mol. The molecule has 1 heterocycles. The minimum Gasteiger partial charge on any atom is -0.487 e. The van der Waals surface area contributed by atoms with Crippen LogP contribution in [0.3, 0.4) is 0 Å². The molecule has 7 nitrogen and oxygen atoms in total. The first-order chi connectivity index (χ1) is 13.6. The van der Waals surface area contributed by atoms with Gasteiger partial charge in [0.2, 0.25) is 0 Å². The van der Waals surface area contributed by atoms with Crippen LogP contribution in [-0.4, -0.2) is 31.9 Å². The normalized spacial score (nSPS) is 11.1. The van der Waals surface area contributed by atoms with E-state index in [2.05, 4.69) is 16.3 Å². The van der Waals surface area contributed by atoms with E-state index < -0.39 is 0 Å². The maximum Gasteiger partial charge on any atom is 0.409 e. The van der Waals surface area contributed by atoms with E-state index in [0.717, 1.165) is 32.5 Å². The molecule has 0 aliphatic heterocycles. The van der Waals surface area contributed by atoms with Crippen LogP contribution < -0.4 is 14.2 Å². The fourth-order valence-electron chi connectivity index (χ4n) is 2.76. The van der Waals surface area contributed by atoms with Crippen LogP contribution in [0.25, 0.3) is 10.2 Å². The van der Waals surface area contributed by atoms with Crippen molar-refractivity contribution in [3.63, 3.8) is 0 Å². The summed E-state index contributed by atoms with van der Waals surface area (Å²) in [6.45, 7) is 0.912. The highest BCUT2D eigenvalue weighted by Gasteiger charge is 2.19. The summed E-state index contributed by atoms with van der Waals surface area (Å²) < 4.78 is 8.62. The fraction of sp³-hybridized carbons (Fsp3) is 0.300. The molecule has 3 aromatic rings. The van der Waals surface area contributed by atoms with Gasteiger partial charge in [0, 0.05) is 19.3 Å².